The van der Waals surface area contributed by atoms with Crippen molar-refractivity contribution in [1.82, 2.24) is 5.32 Å². The molecular weight excluding hydrogens is 795 g/mol. The minimum atomic E-state index is -0.892. The largest absolute Gasteiger partial charge is 0.394 e. The molecule has 0 rings (SSSR count). The summed E-state index contributed by atoms with van der Waals surface area (Å²) in [4.78, 5) is 12.4. The van der Waals surface area contributed by atoms with Crippen molar-refractivity contribution in [2.24, 2.45) is 0 Å². The van der Waals surface area contributed by atoms with Crippen molar-refractivity contribution >= 4 is 5.91 Å². The minimum absolute atomic E-state index is 0.122. The first-order valence-electron chi connectivity index (χ1n) is 26.5. The fourth-order valence-corrected chi connectivity index (χ4v) is 7.04. The first-order chi connectivity index (χ1) is 32.2. The Bertz CT molecular complexity index is 1380. The number of unbranched alkanes of at least 4 members (excludes halogenated alkanes) is 17. The highest BCUT2D eigenvalue weighted by atomic mass is 16.3. The summed E-state index contributed by atoms with van der Waals surface area (Å²) in [5.41, 5.74) is 0. The van der Waals surface area contributed by atoms with Gasteiger partial charge in [-0.2, -0.15) is 0 Å². The van der Waals surface area contributed by atoms with Gasteiger partial charge in [-0.1, -0.05) is 243 Å². The molecule has 0 aliphatic carbocycles. The molecule has 0 aliphatic heterocycles. The van der Waals surface area contributed by atoms with Crippen LogP contribution in [0.3, 0.4) is 0 Å². The van der Waals surface area contributed by atoms with Gasteiger partial charge in [-0.3, -0.25) is 4.79 Å². The molecule has 0 aromatic heterocycles. The van der Waals surface area contributed by atoms with E-state index in [9.17, 15) is 15.0 Å². The van der Waals surface area contributed by atoms with Gasteiger partial charge in [-0.05, 0) is 109 Å². The average molecular weight is 894 g/mol. The van der Waals surface area contributed by atoms with E-state index in [2.05, 4.69) is 153 Å². The van der Waals surface area contributed by atoms with Crippen LogP contribution in [0.15, 0.2) is 146 Å². The maximum Gasteiger partial charge on any atom is 0.220 e. The van der Waals surface area contributed by atoms with Gasteiger partial charge in [0.1, 0.15) is 0 Å². The first-order valence-corrected chi connectivity index (χ1v) is 26.5. The Balaban J connectivity index is 3.76. The van der Waals surface area contributed by atoms with Crippen LogP contribution < -0.4 is 5.32 Å². The van der Waals surface area contributed by atoms with E-state index >= 15 is 0 Å². The summed E-state index contributed by atoms with van der Waals surface area (Å²) in [6.07, 6.45) is 87.0. The number of aliphatic hydroxyl groups excluding tert-OH is 2. The molecule has 0 spiro atoms. The van der Waals surface area contributed by atoms with Gasteiger partial charge in [0.15, 0.2) is 0 Å². The summed E-state index contributed by atoms with van der Waals surface area (Å²) in [5, 5.41) is 23.1. The predicted octanol–water partition coefficient (Wildman–Crippen LogP) is 17.6. The number of aliphatic hydroxyl groups is 2. The van der Waals surface area contributed by atoms with Gasteiger partial charge in [-0.25, -0.2) is 0 Å². The second-order valence-electron chi connectivity index (χ2n) is 17.2. The molecule has 2 atom stereocenters. The molecule has 1 amide bonds. The van der Waals surface area contributed by atoms with Crippen molar-refractivity contribution in [1.29, 1.82) is 0 Å². The molecule has 0 fully saturated rings. The van der Waals surface area contributed by atoms with Gasteiger partial charge < -0.3 is 15.5 Å². The number of carbonyl (C=O) groups is 1. The zero-order valence-corrected chi connectivity index (χ0v) is 41.9. The molecule has 4 nitrogen and oxygen atoms in total. The van der Waals surface area contributed by atoms with Gasteiger partial charge in [0.2, 0.25) is 5.91 Å². The van der Waals surface area contributed by atoms with Crippen LogP contribution in [0.4, 0.5) is 0 Å². The third kappa shape index (κ3) is 51.1. The highest BCUT2D eigenvalue weighted by Gasteiger charge is 2.17. The van der Waals surface area contributed by atoms with Gasteiger partial charge in [0.05, 0.1) is 18.8 Å². The Hall–Kier alpha value is -3.73. The predicted molar refractivity (Wildman–Crippen MR) is 289 cm³/mol. The number of amides is 1. The third-order valence-corrected chi connectivity index (χ3v) is 11.1. The lowest BCUT2D eigenvalue weighted by atomic mass is 10.0. The molecule has 0 heterocycles. The first kappa shape index (κ1) is 61.3. The van der Waals surface area contributed by atoms with Crippen LogP contribution in [0.1, 0.15) is 213 Å². The Morgan fingerprint density at radius 3 is 1.08 bits per heavy atom. The van der Waals surface area contributed by atoms with E-state index < -0.39 is 12.1 Å². The molecule has 0 aromatic carbocycles. The smallest absolute Gasteiger partial charge is 0.220 e. The van der Waals surface area contributed by atoms with Crippen LogP contribution in [0.2, 0.25) is 0 Å². The molecule has 366 valence electrons. The molecule has 3 N–H and O–H groups in total. The van der Waals surface area contributed by atoms with Crippen LogP contribution in [0.25, 0.3) is 0 Å². The monoisotopic (exact) mass is 894 g/mol. The standard InChI is InChI=1S/C61H99NO3/c1-3-5-7-9-11-13-15-17-19-21-23-25-26-27-28-29-30-31-32-33-34-35-36-37-39-41-43-45-47-49-51-53-55-57-61(65)62-59(58-63)60(64)56-54-52-50-48-46-44-42-40-38-24-22-20-18-16-14-12-10-8-6-4-2/h5,7,11,13,17,19,23,25,27-28,30-31,33-34,36-37,41,43,46-49,54,56,59-60,63-64H,3-4,6,8-10,12,14-16,18,20-22,24,26,29,32,35,38-40,42,44-45,50-53,55,57-58H2,1-2H3,(H,62,65)/b7-5-,13-11-,19-17-,25-23-,28-27-,31-30-,34-33-,37-36-,43-41-,48-46+,49-47-,56-54+. The summed E-state index contributed by atoms with van der Waals surface area (Å²) in [5.74, 6) is -0.122. The van der Waals surface area contributed by atoms with E-state index in [0.717, 1.165) is 103 Å². The minimum Gasteiger partial charge on any atom is -0.394 e. The Kier molecular flexibility index (Phi) is 51.5. The number of hydrogen-bond acceptors (Lipinski definition) is 3. The summed E-state index contributed by atoms with van der Waals surface area (Å²) in [7, 11) is 0. The molecule has 0 saturated carbocycles. The van der Waals surface area contributed by atoms with Gasteiger partial charge in [0, 0.05) is 6.42 Å². The van der Waals surface area contributed by atoms with E-state index in [1.807, 2.05) is 6.08 Å². The van der Waals surface area contributed by atoms with Gasteiger partial charge >= 0.3 is 0 Å². The number of hydrogen-bond donors (Lipinski definition) is 3. The van der Waals surface area contributed by atoms with E-state index in [-0.39, 0.29) is 12.5 Å². The summed E-state index contributed by atoms with van der Waals surface area (Å²) in [6, 6.07) is -0.674. The van der Waals surface area contributed by atoms with Gasteiger partial charge in [0.25, 0.3) is 0 Å². The zero-order valence-electron chi connectivity index (χ0n) is 41.9. The normalized spacial score (nSPS) is 14.1. The highest BCUT2D eigenvalue weighted by Crippen LogP contribution is 2.14. The lowest BCUT2D eigenvalue weighted by molar-refractivity contribution is -0.123. The maximum absolute atomic E-state index is 12.4. The molecule has 0 saturated heterocycles. The zero-order chi connectivity index (χ0) is 47.0. The lowest BCUT2D eigenvalue weighted by Crippen LogP contribution is -2.45. The molecular formula is C61H99NO3. The molecule has 0 aromatic rings. The number of nitrogens with one attached hydrogen (secondary N) is 1. The lowest BCUT2D eigenvalue weighted by Gasteiger charge is -2.19. The van der Waals surface area contributed by atoms with E-state index in [1.54, 1.807) is 6.08 Å². The molecule has 0 bridgehead atoms. The quantitative estimate of drug-likeness (QED) is 0.0421. The molecule has 65 heavy (non-hydrogen) atoms. The second-order valence-corrected chi connectivity index (χ2v) is 17.2. The van der Waals surface area contributed by atoms with Crippen molar-refractivity contribution in [2.45, 2.75) is 225 Å². The van der Waals surface area contributed by atoms with E-state index in [4.69, 9.17) is 0 Å². The maximum atomic E-state index is 12.4. The van der Waals surface area contributed by atoms with Crippen molar-refractivity contribution < 1.29 is 15.0 Å². The summed E-state index contributed by atoms with van der Waals surface area (Å²) < 4.78 is 0. The Morgan fingerprint density at radius 2 is 0.692 bits per heavy atom. The molecule has 0 aliphatic rings. The number of allylic oxidation sites excluding steroid dienone is 23. The van der Waals surface area contributed by atoms with Crippen LogP contribution in [-0.4, -0.2) is 34.9 Å². The third-order valence-electron chi connectivity index (χ3n) is 11.1. The topological polar surface area (TPSA) is 69.6 Å². The summed E-state index contributed by atoms with van der Waals surface area (Å²) in [6.45, 7) is 4.16. The number of carbonyl (C=O) groups excluding carboxylic acids is 1. The van der Waals surface area contributed by atoms with Gasteiger partial charge in [-0.15, -0.1) is 0 Å². The van der Waals surface area contributed by atoms with E-state index in [1.165, 1.54) is 89.9 Å². The Morgan fingerprint density at radius 1 is 0.385 bits per heavy atom. The average Bonchev–Trinajstić information content (AvgIpc) is 3.31. The molecule has 0 radical (unpaired) electrons. The van der Waals surface area contributed by atoms with Crippen molar-refractivity contribution in [3.05, 3.63) is 146 Å². The number of rotatable bonds is 46. The SMILES string of the molecule is CC/C=C\C/C=C\C/C=C\C/C=C\C/C=C\C/C=C\C/C=C\C/C=C\C/C=C\C/C=C\CCCCC(=O)NC(CO)C(O)/C=C/CC/C=C/CCCCCCCCCCCCCCCC. The van der Waals surface area contributed by atoms with Crippen molar-refractivity contribution in [3.63, 3.8) is 0 Å². The Labute approximate surface area is 402 Å². The highest BCUT2D eigenvalue weighted by molar-refractivity contribution is 5.76. The fraction of sp³-hybridized carbons (Fsp3) is 0.590. The van der Waals surface area contributed by atoms with Crippen LogP contribution in [-0.2, 0) is 4.79 Å². The van der Waals surface area contributed by atoms with Crippen LogP contribution in [0.5, 0.6) is 0 Å². The van der Waals surface area contributed by atoms with Crippen LogP contribution in [0, 0.1) is 0 Å². The van der Waals surface area contributed by atoms with Crippen LogP contribution >= 0.6 is 0 Å². The van der Waals surface area contributed by atoms with Crippen molar-refractivity contribution in [3.8, 4) is 0 Å². The van der Waals surface area contributed by atoms with Crippen molar-refractivity contribution in [2.75, 3.05) is 6.61 Å². The fourth-order valence-electron chi connectivity index (χ4n) is 7.04. The van der Waals surface area contributed by atoms with E-state index in [0.29, 0.717) is 6.42 Å². The molecule has 4 heteroatoms. The second kappa shape index (κ2) is 54.6. The molecule has 2 unspecified atom stereocenters. The summed E-state index contributed by atoms with van der Waals surface area (Å²) >= 11 is 0.